The highest BCUT2D eigenvalue weighted by molar-refractivity contribution is 5.78. The van der Waals surface area contributed by atoms with Crippen LogP contribution in [0.4, 0.5) is 4.39 Å². The highest BCUT2D eigenvalue weighted by atomic mass is 19.1. The lowest BCUT2D eigenvalue weighted by Gasteiger charge is -2.46. The van der Waals surface area contributed by atoms with E-state index in [9.17, 15) is 34.4 Å². The van der Waals surface area contributed by atoms with Crippen molar-refractivity contribution < 1.29 is 54.5 Å². The molecule has 1 amide bonds. The largest absolute Gasteiger partial charge is 0.477 e. The van der Waals surface area contributed by atoms with Gasteiger partial charge in [-0.05, 0) is 0 Å². The molecule has 1 heterocycles. The Morgan fingerprint density at radius 3 is 2.30 bits per heavy atom. The summed E-state index contributed by atoms with van der Waals surface area (Å²) in [6, 6.07) is -1.82. The van der Waals surface area contributed by atoms with Gasteiger partial charge in [0.25, 0.3) is 0 Å². The molecule has 1 aliphatic heterocycles. The Morgan fingerprint density at radius 1 is 1.30 bits per heavy atom. The van der Waals surface area contributed by atoms with E-state index < -0.39 is 67.5 Å². The minimum Gasteiger partial charge on any atom is -0.477 e. The Hall–Kier alpha value is -1.41. The second kappa shape index (κ2) is 7.44. The number of aliphatic carboxylic acids is 1. The fourth-order valence-corrected chi connectivity index (χ4v) is 2.13. The molecule has 0 aromatic carbocycles. The van der Waals surface area contributed by atoms with Crippen LogP contribution in [-0.2, 0) is 14.3 Å². The first-order valence-corrected chi connectivity index (χ1v) is 6.43. The summed E-state index contributed by atoms with van der Waals surface area (Å²) in [6.45, 7) is -2.09. The fourth-order valence-electron chi connectivity index (χ4n) is 2.13. The number of halogens is 1. The van der Waals surface area contributed by atoms with Crippen molar-refractivity contribution in [2.45, 2.75) is 42.4 Å². The standard InChI is InChI=1S/C11H18FNO10/c12-9-7(19)5(13-4(17)2-15)8(6(18)3(16)1-14)23-11(9,22)10(20)21/h3,5-9,14-16,18-19,22H,1-2H2,(H,13,17)(H,20,21)/t3-,5-,6-,7?,8?,9?,11+/m1/s1. The van der Waals surface area contributed by atoms with Gasteiger partial charge in [-0.3, -0.25) is 4.79 Å². The number of aliphatic hydroxyl groups excluding tert-OH is 5. The summed E-state index contributed by atoms with van der Waals surface area (Å²) in [7, 11) is 0. The summed E-state index contributed by atoms with van der Waals surface area (Å²) < 4.78 is 18.6. The van der Waals surface area contributed by atoms with E-state index >= 15 is 0 Å². The summed E-state index contributed by atoms with van der Waals surface area (Å²) in [5.74, 6) is -6.89. The van der Waals surface area contributed by atoms with E-state index in [4.69, 9.17) is 15.3 Å². The Labute approximate surface area is 128 Å². The summed E-state index contributed by atoms with van der Waals surface area (Å²) in [6.07, 6.45) is -11.3. The molecule has 1 aliphatic rings. The molecule has 0 bridgehead atoms. The number of rotatable bonds is 6. The Balaban J connectivity index is 3.19. The first-order valence-electron chi connectivity index (χ1n) is 6.43. The van der Waals surface area contributed by atoms with Crippen LogP contribution in [0, 0.1) is 0 Å². The molecular weight excluding hydrogens is 325 g/mol. The number of carboxylic acid groups (broad SMARTS) is 1. The molecule has 1 rings (SSSR count). The van der Waals surface area contributed by atoms with Crippen molar-refractivity contribution >= 4 is 11.9 Å². The Bertz CT molecular complexity index is 451. The molecule has 1 saturated heterocycles. The number of hydrogen-bond acceptors (Lipinski definition) is 9. The van der Waals surface area contributed by atoms with Gasteiger partial charge in [-0.1, -0.05) is 0 Å². The molecule has 0 aromatic heterocycles. The zero-order chi connectivity index (χ0) is 17.9. The third kappa shape index (κ3) is 3.74. The monoisotopic (exact) mass is 343 g/mol. The van der Waals surface area contributed by atoms with Gasteiger partial charge in [-0.15, -0.1) is 0 Å². The third-order valence-electron chi connectivity index (χ3n) is 3.41. The number of amides is 1. The van der Waals surface area contributed by atoms with Gasteiger partial charge in [0.1, 0.15) is 31.0 Å². The lowest BCUT2D eigenvalue weighted by molar-refractivity contribution is -0.320. The van der Waals surface area contributed by atoms with Crippen molar-refractivity contribution in [1.29, 1.82) is 0 Å². The van der Waals surface area contributed by atoms with Crippen molar-refractivity contribution in [3.8, 4) is 0 Å². The van der Waals surface area contributed by atoms with E-state index in [1.54, 1.807) is 0 Å². The van der Waals surface area contributed by atoms with Gasteiger partial charge in [0.2, 0.25) is 5.91 Å². The van der Waals surface area contributed by atoms with Gasteiger partial charge in [0.05, 0.1) is 12.6 Å². The molecule has 0 radical (unpaired) electrons. The third-order valence-corrected chi connectivity index (χ3v) is 3.41. The lowest BCUT2D eigenvalue weighted by Crippen LogP contribution is -2.72. The van der Waals surface area contributed by atoms with Gasteiger partial charge in [0, 0.05) is 0 Å². The van der Waals surface area contributed by atoms with Crippen molar-refractivity contribution in [2.24, 2.45) is 0 Å². The predicted octanol–water partition coefficient (Wildman–Crippen LogP) is -4.95. The number of aliphatic hydroxyl groups is 6. The number of carbonyl (C=O) groups excluding carboxylic acids is 1. The Kier molecular flexibility index (Phi) is 6.35. The van der Waals surface area contributed by atoms with Crippen molar-refractivity contribution in [3.63, 3.8) is 0 Å². The molecule has 11 nitrogen and oxygen atoms in total. The molecule has 134 valence electrons. The molecule has 7 atom stereocenters. The summed E-state index contributed by atoms with van der Waals surface area (Å²) in [4.78, 5) is 22.2. The number of nitrogens with one attached hydrogen (secondary N) is 1. The van der Waals surface area contributed by atoms with Crippen LogP contribution in [0.5, 0.6) is 0 Å². The average molecular weight is 343 g/mol. The van der Waals surface area contributed by atoms with Gasteiger partial charge >= 0.3 is 11.8 Å². The van der Waals surface area contributed by atoms with Crippen LogP contribution in [0.2, 0.25) is 0 Å². The van der Waals surface area contributed by atoms with Crippen LogP contribution in [0.15, 0.2) is 0 Å². The molecule has 1 fully saturated rings. The summed E-state index contributed by atoms with van der Waals surface area (Å²) in [5.41, 5.74) is 0. The van der Waals surface area contributed by atoms with Crippen LogP contribution >= 0.6 is 0 Å². The Morgan fingerprint density at radius 2 is 1.87 bits per heavy atom. The fraction of sp³-hybridized carbons (Fsp3) is 0.818. The second-order valence-corrected chi connectivity index (χ2v) is 4.97. The number of carboxylic acids is 1. The maximum atomic E-state index is 14.0. The first-order chi connectivity index (χ1) is 10.6. The number of alkyl halides is 1. The first kappa shape index (κ1) is 19.6. The maximum Gasteiger partial charge on any atom is 0.367 e. The number of hydrogen-bond donors (Lipinski definition) is 8. The van der Waals surface area contributed by atoms with Gasteiger partial charge in [0.15, 0.2) is 6.17 Å². The predicted molar refractivity (Wildman–Crippen MR) is 66.5 cm³/mol. The van der Waals surface area contributed by atoms with Crippen LogP contribution in [0.3, 0.4) is 0 Å². The van der Waals surface area contributed by atoms with E-state index in [0.29, 0.717) is 0 Å². The van der Waals surface area contributed by atoms with Crippen LogP contribution < -0.4 is 5.32 Å². The second-order valence-electron chi connectivity index (χ2n) is 4.97. The molecular formula is C11H18FNO10. The number of ether oxygens (including phenoxy) is 1. The van der Waals surface area contributed by atoms with Gasteiger partial charge in [-0.2, -0.15) is 0 Å². The SMILES string of the molecule is O=C(CO)N[C@@H]1C(O)C(F)[C@@](O)(C(=O)O)OC1[C@H](O)[C@H](O)CO. The van der Waals surface area contributed by atoms with Crippen LogP contribution in [-0.4, -0.2) is 103 Å². The minimum absolute atomic E-state index is 1.01. The lowest BCUT2D eigenvalue weighted by atomic mass is 9.87. The van der Waals surface area contributed by atoms with Crippen molar-refractivity contribution in [1.82, 2.24) is 5.32 Å². The average Bonchev–Trinajstić information content (AvgIpc) is 2.53. The van der Waals surface area contributed by atoms with Crippen molar-refractivity contribution in [2.75, 3.05) is 13.2 Å². The molecule has 8 N–H and O–H groups in total. The van der Waals surface area contributed by atoms with Crippen molar-refractivity contribution in [3.05, 3.63) is 0 Å². The highest BCUT2D eigenvalue weighted by Crippen LogP contribution is 2.32. The minimum atomic E-state index is -3.55. The molecule has 0 aliphatic carbocycles. The van der Waals surface area contributed by atoms with E-state index in [0.717, 1.165) is 0 Å². The van der Waals surface area contributed by atoms with E-state index in [1.807, 2.05) is 5.32 Å². The molecule has 0 spiro atoms. The molecule has 12 heteroatoms. The van der Waals surface area contributed by atoms with E-state index in [-0.39, 0.29) is 0 Å². The number of carbonyl (C=O) groups is 2. The zero-order valence-corrected chi connectivity index (χ0v) is 11.6. The van der Waals surface area contributed by atoms with E-state index in [2.05, 4.69) is 4.74 Å². The maximum absolute atomic E-state index is 14.0. The molecule has 0 saturated carbocycles. The smallest absolute Gasteiger partial charge is 0.367 e. The van der Waals surface area contributed by atoms with Crippen LogP contribution in [0.25, 0.3) is 0 Å². The normalized spacial score (nSPS) is 37.0. The molecule has 0 aromatic rings. The quantitative estimate of drug-likeness (QED) is 0.231. The van der Waals surface area contributed by atoms with Gasteiger partial charge < -0.3 is 45.8 Å². The summed E-state index contributed by atoms with van der Waals surface area (Å²) >= 11 is 0. The van der Waals surface area contributed by atoms with Gasteiger partial charge in [-0.25, -0.2) is 9.18 Å². The topological polar surface area (TPSA) is 197 Å². The zero-order valence-electron chi connectivity index (χ0n) is 11.6. The molecule has 3 unspecified atom stereocenters. The van der Waals surface area contributed by atoms with Crippen LogP contribution in [0.1, 0.15) is 0 Å². The van der Waals surface area contributed by atoms with E-state index in [1.165, 1.54) is 0 Å². The summed E-state index contributed by atoms with van der Waals surface area (Å²) in [5, 5.41) is 66.9. The highest BCUT2D eigenvalue weighted by Gasteiger charge is 2.61. The molecule has 23 heavy (non-hydrogen) atoms.